The Labute approximate surface area is 115 Å². The number of nitrogens with one attached hydrogen (secondary N) is 1. The quantitative estimate of drug-likeness (QED) is 0.828. The fraction of sp³-hybridized carbons (Fsp3) is 0.462. The molecule has 0 radical (unpaired) electrons. The highest BCUT2D eigenvalue weighted by Gasteiger charge is 2.36. The Hall–Kier alpha value is -0.780. The van der Waals surface area contributed by atoms with Gasteiger partial charge in [-0.05, 0) is 66.5 Å². The minimum atomic E-state index is -0.0850. The topological polar surface area (TPSA) is 49.3 Å². The van der Waals surface area contributed by atoms with E-state index in [4.69, 9.17) is 0 Å². The molecule has 2 rings (SSSR count). The summed E-state index contributed by atoms with van der Waals surface area (Å²) in [4.78, 5) is 12.1. The number of phenols is 1. The van der Waals surface area contributed by atoms with Gasteiger partial charge < -0.3 is 10.4 Å². The van der Waals surface area contributed by atoms with Crippen LogP contribution in [0.4, 0.5) is 0 Å². The first-order valence-electron chi connectivity index (χ1n) is 5.87. The number of hydrogen-bond donors (Lipinski definition) is 2. The first-order chi connectivity index (χ1) is 8.06. The molecule has 1 aromatic rings. The van der Waals surface area contributed by atoms with Gasteiger partial charge in [-0.3, -0.25) is 4.79 Å². The fourth-order valence-corrected chi connectivity index (χ4v) is 2.47. The predicted octanol–water partition coefficient (Wildman–Crippen LogP) is 3.06. The average Bonchev–Trinajstić information content (AvgIpc) is 2.27. The molecule has 0 bridgehead atoms. The summed E-state index contributed by atoms with van der Waals surface area (Å²) < 4.78 is 0.757. The molecule has 0 spiro atoms. The summed E-state index contributed by atoms with van der Waals surface area (Å²) in [6.45, 7) is 2.10. The Morgan fingerprint density at radius 2 is 2.24 bits per heavy atom. The molecule has 0 atom stereocenters. The van der Waals surface area contributed by atoms with Gasteiger partial charge in [-0.2, -0.15) is 0 Å². The van der Waals surface area contributed by atoms with E-state index < -0.39 is 0 Å². The number of hydrogen-bond acceptors (Lipinski definition) is 2. The largest absolute Gasteiger partial charge is 0.507 e. The molecule has 1 aromatic carbocycles. The minimum absolute atomic E-state index is 0.00427. The van der Waals surface area contributed by atoms with Crippen molar-refractivity contribution < 1.29 is 9.90 Å². The molecule has 17 heavy (non-hydrogen) atoms. The van der Waals surface area contributed by atoms with E-state index in [0.717, 1.165) is 22.8 Å². The van der Waals surface area contributed by atoms with E-state index in [9.17, 15) is 9.90 Å². The number of carbonyl (C=O) groups is 1. The van der Waals surface area contributed by atoms with E-state index in [0.29, 0.717) is 5.56 Å². The number of aromatic hydroxyl groups is 1. The summed E-state index contributed by atoms with van der Waals surface area (Å²) in [5.41, 5.74) is 0.526. The van der Waals surface area contributed by atoms with Crippen molar-refractivity contribution in [2.75, 3.05) is 0 Å². The van der Waals surface area contributed by atoms with Crippen LogP contribution in [-0.4, -0.2) is 16.6 Å². The van der Waals surface area contributed by atoms with Crippen molar-refractivity contribution in [3.05, 3.63) is 27.3 Å². The highest BCUT2D eigenvalue weighted by Crippen LogP contribution is 2.35. The lowest BCUT2D eigenvalue weighted by Gasteiger charge is -2.42. The fourth-order valence-electron chi connectivity index (χ4n) is 2.14. The maximum absolute atomic E-state index is 12.1. The van der Waals surface area contributed by atoms with Crippen LogP contribution in [0.3, 0.4) is 0 Å². The van der Waals surface area contributed by atoms with Crippen molar-refractivity contribution in [2.45, 2.75) is 38.1 Å². The lowest BCUT2D eigenvalue weighted by molar-refractivity contribution is 0.0820. The standard InChI is InChI=1S/C13H16INO2/c1-2-13(6-3-7-13)15-12(17)9-4-5-10(14)11(16)8-9/h4-5,8,16H,2-3,6-7H2,1H3,(H,15,17). The van der Waals surface area contributed by atoms with Gasteiger partial charge >= 0.3 is 0 Å². The molecule has 1 saturated carbocycles. The van der Waals surface area contributed by atoms with Crippen LogP contribution in [-0.2, 0) is 0 Å². The van der Waals surface area contributed by atoms with Crippen LogP contribution in [0.25, 0.3) is 0 Å². The summed E-state index contributed by atoms with van der Waals surface area (Å²) >= 11 is 2.04. The molecular weight excluding hydrogens is 329 g/mol. The maximum Gasteiger partial charge on any atom is 0.251 e. The molecule has 0 aromatic heterocycles. The second-order valence-electron chi connectivity index (χ2n) is 4.61. The molecule has 0 aliphatic heterocycles. The van der Waals surface area contributed by atoms with Gasteiger partial charge in [0.2, 0.25) is 0 Å². The van der Waals surface area contributed by atoms with Crippen molar-refractivity contribution in [3.8, 4) is 5.75 Å². The SMILES string of the molecule is CCC1(NC(=O)c2ccc(I)c(O)c2)CCC1. The van der Waals surface area contributed by atoms with Crippen LogP contribution in [0.1, 0.15) is 43.0 Å². The number of phenolic OH excluding ortho intramolecular Hbond substituents is 1. The molecule has 1 aliphatic carbocycles. The summed E-state index contributed by atoms with van der Waals surface area (Å²) in [6.07, 6.45) is 4.28. The second kappa shape index (κ2) is 4.84. The molecule has 1 aliphatic rings. The monoisotopic (exact) mass is 345 g/mol. The molecule has 0 unspecified atom stereocenters. The summed E-state index contributed by atoms with van der Waals surface area (Å²) in [5, 5.41) is 12.7. The predicted molar refractivity (Wildman–Crippen MR) is 75.2 cm³/mol. The second-order valence-corrected chi connectivity index (χ2v) is 5.77. The van der Waals surface area contributed by atoms with E-state index in [2.05, 4.69) is 12.2 Å². The minimum Gasteiger partial charge on any atom is -0.507 e. The number of benzene rings is 1. The zero-order chi connectivity index (χ0) is 12.5. The molecule has 0 saturated heterocycles. The number of halogens is 1. The third kappa shape index (κ3) is 2.56. The summed E-state index contributed by atoms with van der Waals surface area (Å²) in [5.74, 6) is 0.0793. The number of carbonyl (C=O) groups excluding carboxylic acids is 1. The van der Waals surface area contributed by atoms with Gasteiger partial charge in [0.15, 0.2) is 0 Å². The van der Waals surface area contributed by atoms with Gasteiger partial charge in [-0.25, -0.2) is 0 Å². The van der Waals surface area contributed by atoms with E-state index >= 15 is 0 Å². The highest BCUT2D eigenvalue weighted by atomic mass is 127. The van der Waals surface area contributed by atoms with Crippen molar-refractivity contribution in [3.63, 3.8) is 0 Å². The lowest BCUT2D eigenvalue weighted by atomic mass is 9.74. The molecule has 1 fully saturated rings. The van der Waals surface area contributed by atoms with Crippen LogP contribution in [0, 0.1) is 3.57 Å². The van der Waals surface area contributed by atoms with Crippen LogP contribution in [0.2, 0.25) is 0 Å². The van der Waals surface area contributed by atoms with E-state index in [-0.39, 0.29) is 17.2 Å². The number of rotatable bonds is 3. The zero-order valence-corrected chi connectivity index (χ0v) is 12.0. The van der Waals surface area contributed by atoms with Crippen molar-refractivity contribution in [2.24, 2.45) is 0 Å². The molecule has 2 N–H and O–H groups in total. The zero-order valence-electron chi connectivity index (χ0n) is 9.79. The third-order valence-corrected chi connectivity index (χ3v) is 4.49. The van der Waals surface area contributed by atoms with Crippen molar-refractivity contribution >= 4 is 28.5 Å². The van der Waals surface area contributed by atoms with Crippen LogP contribution >= 0.6 is 22.6 Å². The van der Waals surface area contributed by atoms with E-state index in [1.165, 1.54) is 12.5 Å². The van der Waals surface area contributed by atoms with Gasteiger partial charge in [0.05, 0.1) is 3.57 Å². The Kier molecular flexibility index (Phi) is 3.61. The first-order valence-corrected chi connectivity index (χ1v) is 6.95. The van der Waals surface area contributed by atoms with Gasteiger partial charge in [0.1, 0.15) is 5.75 Å². The lowest BCUT2D eigenvalue weighted by Crippen LogP contribution is -2.52. The normalized spacial score (nSPS) is 17.3. The average molecular weight is 345 g/mol. The number of amides is 1. The van der Waals surface area contributed by atoms with Crippen LogP contribution < -0.4 is 5.32 Å². The van der Waals surface area contributed by atoms with Crippen LogP contribution in [0.5, 0.6) is 5.75 Å². The third-order valence-electron chi connectivity index (χ3n) is 3.57. The Morgan fingerprint density at radius 3 is 2.71 bits per heavy atom. The molecule has 4 heteroatoms. The molecule has 92 valence electrons. The molecular formula is C13H16INO2. The van der Waals surface area contributed by atoms with Gasteiger partial charge in [-0.1, -0.05) is 6.92 Å². The van der Waals surface area contributed by atoms with E-state index in [1.54, 1.807) is 12.1 Å². The smallest absolute Gasteiger partial charge is 0.251 e. The Bertz CT molecular complexity index is 436. The molecule has 0 heterocycles. The van der Waals surface area contributed by atoms with Gasteiger partial charge in [-0.15, -0.1) is 0 Å². The van der Waals surface area contributed by atoms with Gasteiger partial charge in [0.25, 0.3) is 5.91 Å². The summed E-state index contributed by atoms with van der Waals surface area (Å²) in [7, 11) is 0. The van der Waals surface area contributed by atoms with Crippen molar-refractivity contribution in [1.29, 1.82) is 0 Å². The van der Waals surface area contributed by atoms with Crippen molar-refractivity contribution in [1.82, 2.24) is 5.32 Å². The van der Waals surface area contributed by atoms with Gasteiger partial charge in [0, 0.05) is 11.1 Å². The van der Waals surface area contributed by atoms with E-state index in [1.807, 2.05) is 22.6 Å². The molecule has 1 amide bonds. The maximum atomic E-state index is 12.1. The summed E-state index contributed by atoms with van der Waals surface area (Å²) in [6, 6.07) is 5.03. The van der Waals surface area contributed by atoms with Crippen LogP contribution in [0.15, 0.2) is 18.2 Å². The Morgan fingerprint density at radius 1 is 1.53 bits per heavy atom. The highest BCUT2D eigenvalue weighted by molar-refractivity contribution is 14.1. The first kappa shape index (κ1) is 12.7. The molecule has 3 nitrogen and oxygen atoms in total. The Balaban J connectivity index is 2.11.